The number of rotatable bonds is 6. The number of imidazole rings is 1. The molecule has 9 heteroatoms. The first-order chi connectivity index (χ1) is 13.4. The zero-order chi connectivity index (χ0) is 18.1. The maximum absolute atomic E-state index is 4.51. The quantitative estimate of drug-likeness (QED) is 0.432. The number of nitrogens with one attached hydrogen (secondary N) is 3. The predicted molar refractivity (Wildman–Crippen MR) is 110 cm³/mol. The van der Waals surface area contributed by atoms with E-state index in [1.165, 1.54) is 31.4 Å². The van der Waals surface area contributed by atoms with Crippen molar-refractivity contribution in [3.05, 3.63) is 42.5 Å². The first-order valence-corrected chi connectivity index (χ1v) is 9.73. The Morgan fingerprint density at radius 3 is 2.89 bits per heavy atom. The summed E-state index contributed by atoms with van der Waals surface area (Å²) >= 11 is 0. The van der Waals surface area contributed by atoms with E-state index in [2.05, 4.69) is 41.6 Å². The predicted octanol–water partition coefficient (Wildman–Crippen LogP) is 2.86. The molecule has 8 nitrogen and oxygen atoms in total. The molecule has 4 aromatic heterocycles. The van der Waals surface area contributed by atoms with Gasteiger partial charge in [0.2, 0.25) is 0 Å². The standard InChI is InChI=1S/C19H24N8.ClH/c1-3-14(4-2-13(1)9-20-7-5-15-10-21-11-23-15)17-18-16-6-8-22-19(16)24-12-27(18)26-25-17;/h6,8,10-14,20,22H,1-5,7,9H2,(H,21,23);1H. The van der Waals surface area contributed by atoms with Gasteiger partial charge in [-0.25, -0.2) is 14.5 Å². The molecule has 1 aliphatic rings. The second-order valence-corrected chi connectivity index (χ2v) is 7.50. The van der Waals surface area contributed by atoms with Gasteiger partial charge in [0.05, 0.1) is 12.0 Å². The van der Waals surface area contributed by atoms with E-state index in [4.69, 9.17) is 0 Å². The Hall–Kier alpha value is -2.45. The number of nitrogens with zero attached hydrogens (tertiary/aromatic N) is 5. The minimum absolute atomic E-state index is 0. The SMILES string of the molecule is Cl.c1ncc(CCNCC2CCC(c3nnn4cnc5[nH]ccc5c34)CC2)[nH]1. The molecule has 0 bridgehead atoms. The molecular formula is C19H25ClN8. The Morgan fingerprint density at radius 2 is 2.07 bits per heavy atom. The van der Waals surface area contributed by atoms with Crippen molar-refractivity contribution in [3.8, 4) is 0 Å². The van der Waals surface area contributed by atoms with Gasteiger partial charge in [0.1, 0.15) is 17.5 Å². The largest absolute Gasteiger partial charge is 0.348 e. The molecule has 0 unspecified atom stereocenters. The molecule has 1 saturated carbocycles. The minimum atomic E-state index is 0. The van der Waals surface area contributed by atoms with Crippen LogP contribution in [-0.4, -0.2) is 47.9 Å². The lowest BCUT2D eigenvalue weighted by molar-refractivity contribution is 0.313. The fraction of sp³-hybridized carbons (Fsp3) is 0.474. The zero-order valence-electron chi connectivity index (χ0n) is 15.6. The van der Waals surface area contributed by atoms with Gasteiger partial charge in [-0.1, -0.05) is 5.21 Å². The van der Waals surface area contributed by atoms with Gasteiger partial charge in [-0.3, -0.25) is 0 Å². The molecular weight excluding hydrogens is 376 g/mol. The molecule has 5 rings (SSSR count). The average molecular weight is 401 g/mol. The van der Waals surface area contributed by atoms with Gasteiger partial charge < -0.3 is 15.3 Å². The second-order valence-electron chi connectivity index (χ2n) is 7.50. The van der Waals surface area contributed by atoms with Crippen LogP contribution >= 0.6 is 12.4 Å². The molecule has 0 radical (unpaired) electrons. The first kappa shape index (κ1) is 18.9. The Morgan fingerprint density at radius 1 is 1.18 bits per heavy atom. The molecule has 4 aromatic rings. The summed E-state index contributed by atoms with van der Waals surface area (Å²) in [6, 6.07) is 2.07. The summed E-state index contributed by atoms with van der Waals surface area (Å²) in [4.78, 5) is 14.8. The second kappa shape index (κ2) is 8.28. The number of fused-ring (bicyclic) bond motifs is 3. The van der Waals surface area contributed by atoms with Crippen LogP contribution in [0.25, 0.3) is 16.6 Å². The van der Waals surface area contributed by atoms with Crippen molar-refractivity contribution in [1.82, 2.24) is 40.1 Å². The van der Waals surface area contributed by atoms with Crippen LogP contribution in [0.3, 0.4) is 0 Å². The molecule has 28 heavy (non-hydrogen) atoms. The van der Waals surface area contributed by atoms with Gasteiger partial charge in [-0.2, -0.15) is 0 Å². The first-order valence-electron chi connectivity index (χ1n) is 9.73. The number of H-pyrrole nitrogens is 2. The van der Waals surface area contributed by atoms with Gasteiger partial charge >= 0.3 is 0 Å². The Balaban J connectivity index is 0.00000192. The summed E-state index contributed by atoms with van der Waals surface area (Å²) < 4.78 is 1.81. The highest BCUT2D eigenvalue weighted by Crippen LogP contribution is 2.37. The van der Waals surface area contributed by atoms with Crippen molar-refractivity contribution in [2.45, 2.75) is 38.0 Å². The average Bonchev–Trinajstić information content (AvgIpc) is 3.45. The number of aromatic amines is 2. The summed E-state index contributed by atoms with van der Waals surface area (Å²) in [5, 5.41) is 13.5. The van der Waals surface area contributed by atoms with Crippen LogP contribution in [0.4, 0.5) is 0 Å². The monoisotopic (exact) mass is 400 g/mol. The van der Waals surface area contributed by atoms with Crippen molar-refractivity contribution in [3.63, 3.8) is 0 Å². The molecule has 148 valence electrons. The smallest absolute Gasteiger partial charge is 0.141 e. The van der Waals surface area contributed by atoms with E-state index in [0.717, 1.165) is 47.7 Å². The van der Waals surface area contributed by atoms with Crippen LogP contribution in [0.1, 0.15) is 43.0 Å². The van der Waals surface area contributed by atoms with Gasteiger partial charge in [-0.15, -0.1) is 17.5 Å². The summed E-state index contributed by atoms with van der Waals surface area (Å²) in [7, 11) is 0. The van der Waals surface area contributed by atoms with E-state index < -0.39 is 0 Å². The summed E-state index contributed by atoms with van der Waals surface area (Å²) in [5.41, 5.74) is 4.34. The van der Waals surface area contributed by atoms with Crippen LogP contribution in [0.15, 0.2) is 31.1 Å². The van der Waals surface area contributed by atoms with Crippen LogP contribution in [-0.2, 0) is 6.42 Å². The summed E-state index contributed by atoms with van der Waals surface area (Å²) in [6.07, 6.45) is 13.1. The number of hydrogen-bond acceptors (Lipinski definition) is 5. The summed E-state index contributed by atoms with van der Waals surface area (Å²) in [5.74, 6) is 1.24. The highest BCUT2D eigenvalue weighted by atomic mass is 35.5. The molecule has 0 aromatic carbocycles. The fourth-order valence-corrected chi connectivity index (χ4v) is 4.28. The molecule has 4 heterocycles. The van der Waals surface area contributed by atoms with Crippen molar-refractivity contribution in [2.75, 3.05) is 13.1 Å². The van der Waals surface area contributed by atoms with E-state index in [9.17, 15) is 0 Å². The molecule has 0 aliphatic heterocycles. The highest BCUT2D eigenvalue weighted by Gasteiger charge is 2.26. The highest BCUT2D eigenvalue weighted by molar-refractivity contribution is 5.92. The van der Waals surface area contributed by atoms with E-state index in [1.54, 1.807) is 12.7 Å². The van der Waals surface area contributed by atoms with Crippen LogP contribution in [0.2, 0.25) is 0 Å². The minimum Gasteiger partial charge on any atom is -0.348 e. The molecule has 0 atom stereocenters. The van der Waals surface area contributed by atoms with Crippen molar-refractivity contribution >= 4 is 29.0 Å². The Kier molecular flexibility index (Phi) is 5.59. The maximum Gasteiger partial charge on any atom is 0.141 e. The molecule has 1 aliphatic carbocycles. The number of aromatic nitrogens is 7. The van der Waals surface area contributed by atoms with E-state index in [-0.39, 0.29) is 12.4 Å². The van der Waals surface area contributed by atoms with Crippen LogP contribution < -0.4 is 5.32 Å². The topological polar surface area (TPSA) is 99.6 Å². The van der Waals surface area contributed by atoms with Crippen molar-refractivity contribution < 1.29 is 0 Å². The third kappa shape index (κ3) is 3.62. The molecule has 0 spiro atoms. The lowest BCUT2D eigenvalue weighted by atomic mass is 9.80. The summed E-state index contributed by atoms with van der Waals surface area (Å²) in [6.45, 7) is 2.09. The lowest BCUT2D eigenvalue weighted by Crippen LogP contribution is -2.27. The zero-order valence-corrected chi connectivity index (χ0v) is 16.5. The lowest BCUT2D eigenvalue weighted by Gasteiger charge is -2.27. The fourth-order valence-electron chi connectivity index (χ4n) is 4.28. The van der Waals surface area contributed by atoms with E-state index in [0.29, 0.717) is 5.92 Å². The van der Waals surface area contributed by atoms with Crippen LogP contribution in [0, 0.1) is 5.92 Å². The maximum atomic E-state index is 4.51. The van der Waals surface area contributed by atoms with Crippen molar-refractivity contribution in [1.29, 1.82) is 0 Å². The Labute approximate surface area is 169 Å². The number of halogens is 1. The molecule has 0 saturated heterocycles. The third-order valence-electron chi connectivity index (χ3n) is 5.79. The number of hydrogen-bond donors (Lipinski definition) is 3. The van der Waals surface area contributed by atoms with Gasteiger partial charge in [0.25, 0.3) is 0 Å². The van der Waals surface area contributed by atoms with Crippen LogP contribution in [0.5, 0.6) is 0 Å². The molecule has 1 fully saturated rings. The van der Waals surface area contributed by atoms with Gasteiger partial charge in [-0.05, 0) is 44.2 Å². The van der Waals surface area contributed by atoms with Gasteiger partial charge in [0.15, 0.2) is 0 Å². The van der Waals surface area contributed by atoms with E-state index in [1.807, 2.05) is 16.9 Å². The van der Waals surface area contributed by atoms with E-state index >= 15 is 0 Å². The normalized spacial score (nSPS) is 19.9. The third-order valence-corrected chi connectivity index (χ3v) is 5.79. The van der Waals surface area contributed by atoms with Gasteiger partial charge in [0, 0.05) is 42.4 Å². The molecule has 3 N–H and O–H groups in total. The van der Waals surface area contributed by atoms with Crippen molar-refractivity contribution in [2.24, 2.45) is 5.92 Å². The molecule has 0 amide bonds. The Bertz CT molecular complexity index is 1010.